The summed E-state index contributed by atoms with van der Waals surface area (Å²) in [5.41, 5.74) is 9.15. The first-order valence-corrected chi connectivity index (χ1v) is 10.7. The Morgan fingerprint density at radius 1 is 1.09 bits per heavy atom. The average Bonchev–Trinajstić information content (AvgIpc) is 2.88. The van der Waals surface area contributed by atoms with Gasteiger partial charge in [-0.05, 0) is 23.6 Å². The molecule has 3 N–H and O–H groups in total. The van der Waals surface area contributed by atoms with Crippen LogP contribution in [0.15, 0.2) is 83.6 Å². The molecule has 0 unspecified atom stereocenters. The number of carbonyl (C=O) groups excluding carboxylic acids is 2. The number of nitrogens with two attached hydrogens (primary N) is 1. The quantitative estimate of drug-likeness (QED) is 0.286. The number of aromatic nitrogens is 1. The lowest BCUT2D eigenvalue weighted by molar-refractivity contribution is -0.117. The van der Waals surface area contributed by atoms with Gasteiger partial charge in [-0.2, -0.15) is 0 Å². The topological polar surface area (TPSA) is 116 Å². The smallest absolute Gasteiger partial charge is 0.343 e. The minimum Gasteiger partial charge on any atom is -0.496 e. The van der Waals surface area contributed by atoms with Crippen LogP contribution < -0.4 is 15.8 Å². The number of aliphatic imine (C=N–C) groups is 1. The Labute approximate surface area is 198 Å². The number of hydrogen-bond donors (Lipinski definition) is 2. The molecule has 8 nitrogen and oxygen atoms in total. The van der Waals surface area contributed by atoms with E-state index in [1.807, 2.05) is 54.6 Å². The highest BCUT2D eigenvalue weighted by Gasteiger charge is 2.15. The van der Waals surface area contributed by atoms with Crippen molar-refractivity contribution in [1.82, 2.24) is 10.3 Å². The summed E-state index contributed by atoms with van der Waals surface area (Å²) >= 11 is 0. The fraction of sp³-hybridized carbons (Fsp3) is 0.154. The fourth-order valence-electron chi connectivity index (χ4n) is 3.07. The van der Waals surface area contributed by atoms with Gasteiger partial charge in [0.25, 0.3) is 5.91 Å². The van der Waals surface area contributed by atoms with Gasteiger partial charge in [0, 0.05) is 31.2 Å². The van der Waals surface area contributed by atoms with E-state index in [-0.39, 0.29) is 35.2 Å². The average molecular weight is 459 g/mol. The normalized spacial score (nSPS) is 11.3. The molecule has 174 valence electrons. The maximum absolute atomic E-state index is 12.5. The molecular formula is C26H26N4O4. The van der Waals surface area contributed by atoms with E-state index in [9.17, 15) is 9.59 Å². The van der Waals surface area contributed by atoms with Crippen molar-refractivity contribution in [1.29, 1.82) is 0 Å². The lowest BCUT2D eigenvalue weighted by Crippen LogP contribution is -2.25. The summed E-state index contributed by atoms with van der Waals surface area (Å²) in [6.07, 6.45) is 3.79. The summed E-state index contributed by atoms with van der Waals surface area (Å²) in [6, 6.07) is 19.5. The third kappa shape index (κ3) is 6.29. The monoisotopic (exact) mass is 458 g/mol. The number of amides is 1. The Balaban J connectivity index is 1.62. The van der Waals surface area contributed by atoms with E-state index in [2.05, 4.69) is 15.3 Å². The molecule has 0 aliphatic heterocycles. The predicted octanol–water partition coefficient (Wildman–Crippen LogP) is 3.80. The van der Waals surface area contributed by atoms with Crippen molar-refractivity contribution in [3.8, 4) is 16.9 Å². The highest BCUT2D eigenvalue weighted by Crippen LogP contribution is 2.23. The molecule has 1 amide bonds. The van der Waals surface area contributed by atoms with Crippen LogP contribution in [0.3, 0.4) is 0 Å². The molecule has 0 aliphatic rings. The number of carbonyl (C=O) groups is 2. The Morgan fingerprint density at radius 3 is 2.44 bits per heavy atom. The van der Waals surface area contributed by atoms with Crippen LogP contribution in [-0.2, 0) is 16.1 Å². The molecule has 0 atom stereocenters. The first kappa shape index (κ1) is 24.2. The van der Waals surface area contributed by atoms with Crippen molar-refractivity contribution < 1.29 is 19.1 Å². The Bertz CT molecular complexity index is 1190. The standard InChI is InChI=1S/C26H26N4O4/c1-3-34-26(32)22-17-29-24(13-23(22)33-2)28-16-21(14-27)25(31)30-15-18-9-11-20(12-10-18)19-7-5-4-6-8-19/h4-14,16-17H,3,15,27H2,1-2H3,(H,30,31)/b21-14+,28-16?. The lowest BCUT2D eigenvalue weighted by Gasteiger charge is -2.08. The molecule has 0 bridgehead atoms. The Hall–Kier alpha value is -4.46. The minimum atomic E-state index is -0.541. The summed E-state index contributed by atoms with van der Waals surface area (Å²) in [7, 11) is 1.43. The van der Waals surface area contributed by atoms with Crippen molar-refractivity contribution in [3.63, 3.8) is 0 Å². The molecule has 34 heavy (non-hydrogen) atoms. The zero-order chi connectivity index (χ0) is 24.3. The molecule has 1 aromatic heterocycles. The molecule has 0 fully saturated rings. The van der Waals surface area contributed by atoms with Crippen molar-refractivity contribution >= 4 is 23.9 Å². The Morgan fingerprint density at radius 2 is 1.79 bits per heavy atom. The zero-order valence-electron chi connectivity index (χ0n) is 19.0. The summed E-state index contributed by atoms with van der Waals surface area (Å²) in [6.45, 7) is 2.28. The largest absolute Gasteiger partial charge is 0.496 e. The molecule has 0 aliphatic carbocycles. The number of rotatable bonds is 9. The van der Waals surface area contributed by atoms with E-state index in [1.54, 1.807) is 6.92 Å². The van der Waals surface area contributed by atoms with Crippen LogP contribution in [0.1, 0.15) is 22.8 Å². The van der Waals surface area contributed by atoms with Crippen molar-refractivity contribution in [2.75, 3.05) is 13.7 Å². The molecule has 1 heterocycles. The molecule has 3 aromatic rings. The van der Waals surface area contributed by atoms with Crippen LogP contribution in [0.5, 0.6) is 5.75 Å². The SMILES string of the molecule is CCOC(=O)c1cnc(N=C/C(=C\N)C(=O)NCc2ccc(-c3ccccc3)cc2)cc1OC. The number of ether oxygens (including phenoxy) is 2. The highest BCUT2D eigenvalue weighted by molar-refractivity contribution is 6.12. The molecule has 3 rings (SSSR count). The first-order chi connectivity index (χ1) is 16.5. The number of esters is 1. The number of benzene rings is 2. The van der Waals surface area contributed by atoms with Gasteiger partial charge in [0.1, 0.15) is 11.3 Å². The molecule has 2 aromatic carbocycles. The summed E-state index contributed by atoms with van der Waals surface area (Å²) in [4.78, 5) is 32.8. The molecule has 0 radical (unpaired) electrons. The number of hydrogen-bond acceptors (Lipinski definition) is 7. The van der Waals surface area contributed by atoms with E-state index < -0.39 is 5.97 Å². The minimum absolute atomic E-state index is 0.163. The van der Waals surface area contributed by atoms with E-state index >= 15 is 0 Å². The van der Waals surface area contributed by atoms with Gasteiger partial charge in [0.05, 0.1) is 19.3 Å². The van der Waals surface area contributed by atoms with E-state index in [0.717, 1.165) is 16.7 Å². The summed E-state index contributed by atoms with van der Waals surface area (Å²) < 4.78 is 10.2. The third-order valence-corrected chi connectivity index (χ3v) is 4.86. The number of nitrogens with one attached hydrogen (secondary N) is 1. The van der Waals surface area contributed by atoms with Gasteiger partial charge in [-0.25, -0.2) is 14.8 Å². The van der Waals surface area contributed by atoms with Gasteiger partial charge in [-0.3, -0.25) is 4.79 Å². The predicted molar refractivity (Wildman–Crippen MR) is 131 cm³/mol. The Kier molecular flexibility index (Phi) is 8.51. The molecule has 0 spiro atoms. The van der Waals surface area contributed by atoms with Gasteiger partial charge < -0.3 is 20.5 Å². The van der Waals surface area contributed by atoms with E-state index in [0.29, 0.717) is 6.54 Å². The third-order valence-electron chi connectivity index (χ3n) is 4.86. The van der Waals surface area contributed by atoms with E-state index in [4.69, 9.17) is 15.2 Å². The molecular weight excluding hydrogens is 432 g/mol. The zero-order valence-corrected chi connectivity index (χ0v) is 19.0. The number of nitrogens with zero attached hydrogens (tertiary/aromatic N) is 2. The van der Waals surface area contributed by atoms with Gasteiger partial charge in [0.15, 0.2) is 5.82 Å². The molecule has 0 saturated heterocycles. The fourth-order valence-corrected chi connectivity index (χ4v) is 3.07. The second-order valence-electron chi connectivity index (χ2n) is 7.09. The van der Waals surface area contributed by atoms with Gasteiger partial charge in [-0.1, -0.05) is 54.6 Å². The van der Waals surface area contributed by atoms with Gasteiger partial charge in [0.2, 0.25) is 0 Å². The molecule has 0 saturated carbocycles. The first-order valence-electron chi connectivity index (χ1n) is 10.7. The van der Waals surface area contributed by atoms with Crippen LogP contribution >= 0.6 is 0 Å². The van der Waals surface area contributed by atoms with Gasteiger partial charge in [-0.15, -0.1) is 0 Å². The van der Waals surface area contributed by atoms with Crippen molar-refractivity contribution in [2.45, 2.75) is 13.5 Å². The summed E-state index contributed by atoms with van der Waals surface area (Å²) in [5, 5.41) is 2.82. The summed E-state index contributed by atoms with van der Waals surface area (Å²) in [5.74, 6) is -0.412. The van der Waals surface area contributed by atoms with E-state index in [1.165, 1.54) is 31.8 Å². The van der Waals surface area contributed by atoms with Crippen LogP contribution in [0.2, 0.25) is 0 Å². The van der Waals surface area contributed by atoms with Crippen LogP contribution in [0.25, 0.3) is 11.1 Å². The second-order valence-corrected chi connectivity index (χ2v) is 7.09. The molecule has 8 heteroatoms. The van der Waals surface area contributed by atoms with Crippen molar-refractivity contribution in [3.05, 3.63) is 89.8 Å². The number of methoxy groups -OCH3 is 1. The maximum atomic E-state index is 12.5. The van der Waals surface area contributed by atoms with Crippen LogP contribution in [-0.4, -0.2) is 36.8 Å². The van der Waals surface area contributed by atoms with Crippen LogP contribution in [0.4, 0.5) is 5.82 Å². The maximum Gasteiger partial charge on any atom is 0.343 e. The second kappa shape index (κ2) is 12.0. The van der Waals surface area contributed by atoms with Crippen molar-refractivity contribution in [2.24, 2.45) is 10.7 Å². The lowest BCUT2D eigenvalue weighted by atomic mass is 10.0. The van der Waals surface area contributed by atoms with Gasteiger partial charge >= 0.3 is 5.97 Å². The van der Waals surface area contributed by atoms with Crippen LogP contribution in [0, 0.1) is 0 Å². The number of pyridine rings is 1. The highest BCUT2D eigenvalue weighted by atomic mass is 16.5.